The van der Waals surface area contributed by atoms with E-state index in [0.29, 0.717) is 11.3 Å². The van der Waals surface area contributed by atoms with Crippen LogP contribution in [-0.4, -0.2) is 32.4 Å². The first-order chi connectivity index (χ1) is 13.2. The lowest BCUT2D eigenvalue weighted by molar-refractivity contribution is -0.122. The minimum Gasteiger partial charge on any atom is -0.351 e. The first kappa shape index (κ1) is 23.0. The van der Waals surface area contributed by atoms with Crippen molar-refractivity contribution in [3.8, 4) is 0 Å². The number of benzene rings is 2. The summed E-state index contributed by atoms with van der Waals surface area (Å²) in [6.45, 7) is 0.142. The van der Waals surface area contributed by atoms with E-state index in [2.05, 4.69) is 10.0 Å². The number of amides is 1. The number of hydrogen-bond donors (Lipinski definition) is 2. The van der Waals surface area contributed by atoms with E-state index >= 15 is 0 Å². The van der Waals surface area contributed by atoms with Gasteiger partial charge in [0.1, 0.15) is 16.8 Å². The van der Waals surface area contributed by atoms with Gasteiger partial charge in [0.15, 0.2) is 0 Å². The van der Waals surface area contributed by atoms with Crippen LogP contribution < -0.4 is 10.0 Å². The predicted octanol–water partition coefficient (Wildman–Crippen LogP) is 3.85. The van der Waals surface area contributed by atoms with E-state index in [1.165, 1.54) is 42.1 Å². The number of hydrogen-bond acceptors (Lipinski definition) is 4. The monoisotopic (exact) mass is 464 g/mol. The summed E-state index contributed by atoms with van der Waals surface area (Å²) in [5.74, 6) is -0.310. The van der Waals surface area contributed by atoms with E-state index in [9.17, 15) is 17.6 Å². The van der Waals surface area contributed by atoms with E-state index in [1.807, 2.05) is 6.26 Å². The van der Waals surface area contributed by atoms with Crippen LogP contribution in [-0.2, 0) is 21.4 Å². The van der Waals surface area contributed by atoms with Crippen molar-refractivity contribution in [3.63, 3.8) is 0 Å². The molecule has 0 heterocycles. The van der Waals surface area contributed by atoms with Crippen molar-refractivity contribution < 1.29 is 17.6 Å². The molecule has 28 heavy (non-hydrogen) atoms. The second-order valence-electron chi connectivity index (χ2n) is 5.85. The lowest BCUT2D eigenvalue weighted by atomic mass is 10.2. The molecule has 2 aromatic rings. The molecule has 0 spiro atoms. The van der Waals surface area contributed by atoms with E-state index in [4.69, 9.17) is 23.2 Å². The van der Waals surface area contributed by atoms with Gasteiger partial charge in [0, 0.05) is 6.54 Å². The molecule has 0 fully saturated rings. The van der Waals surface area contributed by atoms with Crippen molar-refractivity contribution in [1.82, 2.24) is 10.0 Å². The third-order valence-corrected chi connectivity index (χ3v) is 6.86. The Bertz CT molecular complexity index is 905. The molecule has 2 N–H and O–H groups in total. The zero-order valence-corrected chi connectivity index (χ0v) is 18.1. The molecule has 0 bridgehead atoms. The normalized spacial score (nSPS) is 12.6. The van der Waals surface area contributed by atoms with Crippen LogP contribution >= 0.6 is 35.0 Å². The quantitative estimate of drug-likeness (QED) is 0.590. The van der Waals surface area contributed by atoms with E-state index in [0.717, 1.165) is 0 Å². The molecule has 10 heteroatoms. The molecule has 1 amide bonds. The maximum Gasteiger partial charge on any atom is 0.244 e. The first-order valence-electron chi connectivity index (χ1n) is 8.22. The van der Waals surface area contributed by atoms with Crippen LogP contribution in [0.3, 0.4) is 0 Å². The SMILES string of the molecule is CSCC[C@H](NS(=O)(=O)c1c(Cl)cccc1Cl)C(=O)NCc1ccc(F)cc1. The Balaban J connectivity index is 2.15. The summed E-state index contributed by atoms with van der Waals surface area (Å²) in [5.41, 5.74) is 0.690. The number of carbonyl (C=O) groups is 1. The third kappa shape index (κ3) is 6.35. The fourth-order valence-corrected chi connectivity index (χ4v) is 5.22. The number of nitrogens with one attached hydrogen (secondary N) is 2. The van der Waals surface area contributed by atoms with Crippen LogP contribution in [0, 0.1) is 5.82 Å². The summed E-state index contributed by atoms with van der Waals surface area (Å²) in [6.07, 6.45) is 2.13. The van der Waals surface area contributed by atoms with Crippen molar-refractivity contribution in [3.05, 3.63) is 63.9 Å². The van der Waals surface area contributed by atoms with Crippen LogP contribution in [0.5, 0.6) is 0 Å². The van der Waals surface area contributed by atoms with E-state index in [1.54, 1.807) is 12.1 Å². The van der Waals surface area contributed by atoms with Gasteiger partial charge in [-0.05, 0) is 48.3 Å². The maximum absolute atomic E-state index is 13.0. The topological polar surface area (TPSA) is 75.3 Å². The number of rotatable bonds is 9. The zero-order valence-electron chi connectivity index (χ0n) is 14.9. The van der Waals surface area contributed by atoms with Gasteiger partial charge < -0.3 is 5.32 Å². The Morgan fingerprint density at radius 3 is 2.32 bits per heavy atom. The minimum absolute atomic E-state index is 0.0321. The van der Waals surface area contributed by atoms with Crippen molar-refractivity contribution >= 4 is 50.9 Å². The Morgan fingerprint density at radius 1 is 1.14 bits per heavy atom. The highest BCUT2D eigenvalue weighted by atomic mass is 35.5. The number of sulfonamides is 1. The molecule has 0 aliphatic rings. The van der Waals surface area contributed by atoms with Crippen LogP contribution in [0.4, 0.5) is 4.39 Å². The van der Waals surface area contributed by atoms with Gasteiger partial charge in [-0.15, -0.1) is 0 Å². The molecular weight excluding hydrogens is 446 g/mol. The molecular formula is C18H19Cl2FN2O3S2. The van der Waals surface area contributed by atoms with Gasteiger partial charge in [-0.2, -0.15) is 16.5 Å². The molecule has 2 aromatic carbocycles. The Labute approximate surface area is 178 Å². The Kier molecular flexibility index (Phi) is 8.57. The van der Waals surface area contributed by atoms with Crippen molar-refractivity contribution in [2.75, 3.05) is 12.0 Å². The number of carbonyl (C=O) groups excluding carboxylic acids is 1. The summed E-state index contributed by atoms with van der Waals surface area (Å²) < 4.78 is 40.9. The fourth-order valence-electron chi connectivity index (χ4n) is 2.38. The molecule has 5 nitrogen and oxygen atoms in total. The largest absolute Gasteiger partial charge is 0.351 e. The van der Waals surface area contributed by atoms with Gasteiger partial charge >= 0.3 is 0 Å². The summed E-state index contributed by atoms with van der Waals surface area (Å²) in [4.78, 5) is 12.3. The fraction of sp³-hybridized carbons (Fsp3) is 0.278. The molecule has 0 unspecified atom stereocenters. The van der Waals surface area contributed by atoms with E-state index < -0.39 is 22.0 Å². The van der Waals surface area contributed by atoms with Gasteiger partial charge in [0.25, 0.3) is 0 Å². The van der Waals surface area contributed by atoms with Gasteiger partial charge in [-0.3, -0.25) is 4.79 Å². The second-order valence-corrected chi connectivity index (χ2v) is 9.30. The summed E-state index contributed by atoms with van der Waals surface area (Å²) >= 11 is 13.5. The summed E-state index contributed by atoms with van der Waals surface area (Å²) in [6, 6.07) is 9.00. The van der Waals surface area contributed by atoms with Gasteiger partial charge in [-0.1, -0.05) is 41.4 Å². The average molecular weight is 465 g/mol. The molecule has 0 aliphatic carbocycles. The van der Waals surface area contributed by atoms with Crippen LogP contribution in [0.15, 0.2) is 47.4 Å². The maximum atomic E-state index is 13.0. The molecule has 0 saturated carbocycles. The zero-order chi connectivity index (χ0) is 20.7. The summed E-state index contributed by atoms with van der Waals surface area (Å²) in [7, 11) is -4.12. The lowest BCUT2D eigenvalue weighted by Crippen LogP contribution is -2.46. The average Bonchev–Trinajstić information content (AvgIpc) is 2.64. The van der Waals surface area contributed by atoms with Crippen molar-refractivity contribution in [1.29, 1.82) is 0 Å². The molecule has 0 saturated heterocycles. The highest BCUT2D eigenvalue weighted by Crippen LogP contribution is 2.29. The van der Waals surface area contributed by atoms with Gasteiger partial charge in [0.05, 0.1) is 10.0 Å². The van der Waals surface area contributed by atoms with Crippen molar-refractivity contribution in [2.45, 2.75) is 23.9 Å². The lowest BCUT2D eigenvalue weighted by Gasteiger charge is -2.19. The number of thioether (sulfide) groups is 1. The van der Waals surface area contributed by atoms with Crippen molar-refractivity contribution in [2.24, 2.45) is 0 Å². The summed E-state index contributed by atoms with van der Waals surface area (Å²) in [5, 5.41) is 2.60. The Morgan fingerprint density at radius 2 is 1.75 bits per heavy atom. The molecule has 1 atom stereocenters. The number of halogens is 3. The Hall–Kier alpha value is -1.32. The molecule has 152 valence electrons. The second kappa shape index (κ2) is 10.5. The van der Waals surface area contributed by atoms with Crippen LogP contribution in [0.1, 0.15) is 12.0 Å². The highest BCUT2D eigenvalue weighted by molar-refractivity contribution is 7.98. The van der Waals surface area contributed by atoms with E-state index in [-0.39, 0.29) is 33.7 Å². The van der Waals surface area contributed by atoms with Gasteiger partial charge in [0.2, 0.25) is 15.9 Å². The third-order valence-electron chi connectivity index (χ3n) is 3.79. The standard InChI is InChI=1S/C18H19Cl2FN2O3S2/c1-27-10-9-16(18(24)22-11-12-5-7-13(21)8-6-12)23-28(25,26)17-14(19)3-2-4-15(17)20/h2-8,16,23H,9-11H2,1H3,(H,22,24)/t16-/m0/s1. The molecule has 0 aromatic heterocycles. The van der Waals surface area contributed by atoms with Gasteiger partial charge in [-0.25, -0.2) is 12.8 Å². The first-order valence-corrected chi connectivity index (χ1v) is 11.9. The smallest absolute Gasteiger partial charge is 0.244 e. The molecule has 0 aliphatic heterocycles. The van der Waals surface area contributed by atoms with Crippen LogP contribution in [0.25, 0.3) is 0 Å². The highest BCUT2D eigenvalue weighted by Gasteiger charge is 2.28. The molecule has 0 radical (unpaired) electrons. The van der Waals surface area contributed by atoms with Crippen LogP contribution in [0.2, 0.25) is 10.0 Å². The minimum atomic E-state index is -4.12. The predicted molar refractivity (Wildman–Crippen MR) is 112 cm³/mol. The molecule has 2 rings (SSSR count).